The zero-order valence-corrected chi connectivity index (χ0v) is 12.9. The van der Waals surface area contributed by atoms with Gasteiger partial charge in [-0.3, -0.25) is 4.79 Å². The highest BCUT2D eigenvalue weighted by atomic mass is 35.5. The van der Waals surface area contributed by atoms with Crippen LogP contribution in [0, 0.1) is 0 Å². The number of amides is 1. The first-order chi connectivity index (χ1) is 9.38. The molecule has 6 heteroatoms. The molecule has 0 radical (unpaired) electrons. The van der Waals surface area contributed by atoms with Gasteiger partial charge in [0.1, 0.15) is 0 Å². The van der Waals surface area contributed by atoms with Crippen LogP contribution in [0.5, 0.6) is 0 Å². The van der Waals surface area contributed by atoms with E-state index in [1.54, 1.807) is 12.1 Å². The second-order valence-corrected chi connectivity index (χ2v) is 7.76. The second kappa shape index (κ2) is 6.14. The summed E-state index contributed by atoms with van der Waals surface area (Å²) in [7, 11) is -3.31. The molecule has 1 N–H and O–H groups in total. The molecule has 0 saturated heterocycles. The van der Waals surface area contributed by atoms with E-state index in [-0.39, 0.29) is 22.2 Å². The maximum absolute atomic E-state index is 12.2. The van der Waals surface area contributed by atoms with Crippen molar-refractivity contribution in [1.82, 2.24) is 5.32 Å². The zero-order valence-electron chi connectivity index (χ0n) is 11.3. The van der Waals surface area contributed by atoms with Crippen molar-refractivity contribution in [2.75, 3.05) is 6.26 Å². The summed E-state index contributed by atoms with van der Waals surface area (Å²) in [6, 6.07) is 6.02. The summed E-state index contributed by atoms with van der Waals surface area (Å²) < 4.78 is 23.0. The molecular weight excluding hydrogens is 298 g/mol. The highest BCUT2D eigenvalue weighted by Crippen LogP contribution is 2.23. The maximum atomic E-state index is 12.2. The van der Waals surface area contributed by atoms with E-state index in [9.17, 15) is 13.2 Å². The number of alkyl halides is 1. The summed E-state index contributed by atoms with van der Waals surface area (Å²) in [6.07, 6.45) is 5.03. The minimum absolute atomic E-state index is 0.0418. The van der Waals surface area contributed by atoms with Crippen LogP contribution < -0.4 is 5.32 Å². The molecule has 2 rings (SSSR count). The number of hydrogen-bond acceptors (Lipinski definition) is 3. The molecule has 1 fully saturated rings. The molecule has 1 aromatic carbocycles. The van der Waals surface area contributed by atoms with Gasteiger partial charge in [0.15, 0.2) is 9.84 Å². The second-order valence-electron chi connectivity index (χ2n) is 5.18. The molecule has 1 saturated carbocycles. The van der Waals surface area contributed by atoms with Gasteiger partial charge in [-0.25, -0.2) is 8.42 Å². The maximum Gasteiger partial charge on any atom is 0.251 e. The number of carbonyl (C=O) groups is 1. The van der Waals surface area contributed by atoms with Crippen LogP contribution in [0.3, 0.4) is 0 Å². The van der Waals surface area contributed by atoms with Crippen LogP contribution in [-0.2, 0) is 9.84 Å². The van der Waals surface area contributed by atoms with Gasteiger partial charge in [0.05, 0.1) is 10.3 Å². The lowest BCUT2D eigenvalue weighted by atomic mass is 9.94. The van der Waals surface area contributed by atoms with Crippen LogP contribution in [0.2, 0.25) is 0 Å². The Kier molecular flexibility index (Phi) is 4.70. The fourth-order valence-corrected chi connectivity index (χ4v) is 3.38. The highest BCUT2D eigenvalue weighted by molar-refractivity contribution is 7.90. The molecule has 0 heterocycles. The van der Waals surface area contributed by atoms with E-state index >= 15 is 0 Å². The number of sulfone groups is 1. The number of halogens is 1. The molecule has 2 unspecified atom stereocenters. The lowest BCUT2D eigenvalue weighted by molar-refractivity contribution is 0.0928. The van der Waals surface area contributed by atoms with Crippen molar-refractivity contribution in [3.8, 4) is 0 Å². The van der Waals surface area contributed by atoms with Crippen molar-refractivity contribution in [3.63, 3.8) is 0 Å². The van der Waals surface area contributed by atoms with Gasteiger partial charge in [-0.1, -0.05) is 18.9 Å². The summed E-state index contributed by atoms with van der Waals surface area (Å²) in [5, 5.41) is 2.85. The van der Waals surface area contributed by atoms with Crippen LogP contribution in [0.1, 0.15) is 36.0 Å². The number of hydrogen-bond donors (Lipinski definition) is 1. The van der Waals surface area contributed by atoms with Gasteiger partial charge < -0.3 is 5.32 Å². The predicted octanol–water partition coefficient (Wildman–Crippen LogP) is 2.37. The summed E-state index contributed by atoms with van der Waals surface area (Å²) in [5.74, 6) is -0.270. The number of nitrogens with one attached hydrogen (secondary N) is 1. The lowest BCUT2D eigenvalue weighted by Crippen LogP contribution is -2.42. The van der Waals surface area contributed by atoms with Gasteiger partial charge >= 0.3 is 0 Å². The summed E-state index contributed by atoms with van der Waals surface area (Å²) in [5.41, 5.74) is 0.349. The fourth-order valence-electron chi connectivity index (χ4n) is 2.37. The summed E-state index contributed by atoms with van der Waals surface area (Å²) in [4.78, 5) is 12.3. The quantitative estimate of drug-likeness (QED) is 0.871. The van der Waals surface area contributed by atoms with Gasteiger partial charge in [-0.15, -0.1) is 11.6 Å². The van der Waals surface area contributed by atoms with E-state index < -0.39 is 9.84 Å². The molecule has 1 amide bonds. The summed E-state index contributed by atoms with van der Waals surface area (Å²) >= 11 is 6.21. The SMILES string of the molecule is CS(=O)(=O)c1cccc(C(=O)NC2CCCCC2Cl)c1. The van der Waals surface area contributed by atoms with Gasteiger partial charge in [0.25, 0.3) is 5.91 Å². The monoisotopic (exact) mass is 315 g/mol. The highest BCUT2D eigenvalue weighted by Gasteiger charge is 2.25. The lowest BCUT2D eigenvalue weighted by Gasteiger charge is -2.27. The minimum atomic E-state index is -3.31. The Bertz CT molecular complexity index is 600. The van der Waals surface area contributed by atoms with E-state index in [1.807, 2.05) is 0 Å². The Balaban J connectivity index is 2.13. The third kappa shape index (κ3) is 3.73. The molecule has 1 aliphatic rings. The van der Waals surface area contributed by atoms with Crippen molar-refractivity contribution in [2.24, 2.45) is 0 Å². The molecule has 1 aliphatic carbocycles. The molecule has 1 aromatic rings. The molecule has 0 aliphatic heterocycles. The van der Waals surface area contributed by atoms with Gasteiger partial charge in [0, 0.05) is 17.9 Å². The van der Waals surface area contributed by atoms with Gasteiger partial charge in [0.2, 0.25) is 0 Å². The first kappa shape index (κ1) is 15.3. The largest absolute Gasteiger partial charge is 0.348 e. The molecular formula is C14H18ClNO3S. The third-order valence-electron chi connectivity index (χ3n) is 3.52. The molecule has 2 atom stereocenters. The zero-order chi connectivity index (χ0) is 14.8. The van der Waals surface area contributed by atoms with E-state index in [0.29, 0.717) is 5.56 Å². The molecule has 20 heavy (non-hydrogen) atoms. The van der Waals surface area contributed by atoms with Crippen LogP contribution >= 0.6 is 11.6 Å². The normalized spacial score (nSPS) is 23.3. The molecule has 0 spiro atoms. The molecule has 0 bridgehead atoms. The number of benzene rings is 1. The third-order valence-corrected chi connectivity index (χ3v) is 5.16. The van der Waals surface area contributed by atoms with Crippen molar-refractivity contribution in [2.45, 2.75) is 42.0 Å². The Labute approximate surface area is 124 Å². The van der Waals surface area contributed by atoms with Gasteiger partial charge in [-0.05, 0) is 31.0 Å². The Morgan fingerprint density at radius 1 is 1.30 bits per heavy atom. The average molecular weight is 316 g/mol. The Hall–Kier alpha value is -1.07. The van der Waals surface area contributed by atoms with E-state index in [0.717, 1.165) is 31.9 Å². The van der Waals surface area contributed by atoms with Gasteiger partial charge in [-0.2, -0.15) is 0 Å². The van der Waals surface area contributed by atoms with Crippen molar-refractivity contribution in [3.05, 3.63) is 29.8 Å². The molecule has 110 valence electrons. The number of carbonyl (C=O) groups excluding carboxylic acids is 1. The first-order valence-corrected chi connectivity index (χ1v) is 8.96. The smallest absolute Gasteiger partial charge is 0.251 e. The average Bonchev–Trinajstić information content (AvgIpc) is 2.40. The van der Waals surface area contributed by atoms with Crippen molar-refractivity contribution >= 4 is 27.3 Å². The van der Waals surface area contributed by atoms with Crippen LogP contribution in [0.25, 0.3) is 0 Å². The molecule has 4 nitrogen and oxygen atoms in total. The Morgan fingerprint density at radius 3 is 2.65 bits per heavy atom. The van der Waals surface area contributed by atoms with E-state index in [4.69, 9.17) is 11.6 Å². The topological polar surface area (TPSA) is 63.2 Å². The van der Waals surface area contributed by atoms with Crippen LogP contribution in [0.15, 0.2) is 29.2 Å². The fraction of sp³-hybridized carbons (Fsp3) is 0.500. The standard InChI is InChI=1S/C14H18ClNO3S/c1-20(18,19)11-6-4-5-10(9-11)14(17)16-13-8-3-2-7-12(13)15/h4-6,9,12-13H,2-3,7-8H2,1H3,(H,16,17). The minimum Gasteiger partial charge on any atom is -0.348 e. The number of rotatable bonds is 3. The van der Waals surface area contributed by atoms with Crippen molar-refractivity contribution < 1.29 is 13.2 Å². The van der Waals surface area contributed by atoms with Crippen LogP contribution in [0.4, 0.5) is 0 Å². The van der Waals surface area contributed by atoms with Crippen LogP contribution in [-0.4, -0.2) is 32.0 Å². The Morgan fingerprint density at radius 2 is 2.00 bits per heavy atom. The predicted molar refractivity (Wildman–Crippen MR) is 78.9 cm³/mol. The van der Waals surface area contributed by atoms with E-state index in [2.05, 4.69) is 5.32 Å². The van der Waals surface area contributed by atoms with Crippen molar-refractivity contribution in [1.29, 1.82) is 0 Å². The summed E-state index contributed by atoms with van der Waals surface area (Å²) in [6.45, 7) is 0. The molecule has 0 aromatic heterocycles. The van der Waals surface area contributed by atoms with E-state index in [1.165, 1.54) is 12.1 Å². The first-order valence-electron chi connectivity index (χ1n) is 6.63.